The minimum atomic E-state index is 0. The molecule has 0 atom stereocenters. The van der Waals surface area contributed by atoms with Crippen LogP contribution in [-0.2, 0) is 25.9 Å². The van der Waals surface area contributed by atoms with Crippen molar-refractivity contribution in [2.45, 2.75) is 59.5 Å². The fourth-order valence-corrected chi connectivity index (χ4v) is 4.47. The van der Waals surface area contributed by atoms with Gasteiger partial charge in [0.05, 0.1) is 10.7 Å². The molecule has 3 heterocycles. The lowest BCUT2D eigenvalue weighted by atomic mass is 9.97. The van der Waals surface area contributed by atoms with Crippen molar-refractivity contribution in [3.05, 3.63) is 28.2 Å². The average molecular weight is 561 g/mol. The van der Waals surface area contributed by atoms with Crippen molar-refractivity contribution >= 4 is 41.3 Å². The van der Waals surface area contributed by atoms with Crippen LogP contribution in [0.5, 0.6) is 0 Å². The standard InChI is InChI=1S/C21H36N8S.HI/c1-4-19-27-25-16-29(19)12-9-23-21(22-6-3)24-13-17-7-10-28(11-8-17)14-18-15-30-20(5-2)26-18;/h15-17H,4-14H2,1-3H3,(H2,22,23,24);1H. The fraction of sp³-hybridized carbons (Fsp3) is 0.714. The van der Waals surface area contributed by atoms with Gasteiger partial charge in [-0.05, 0) is 45.2 Å². The van der Waals surface area contributed by atoms with Crippen molar-refractivity contribution < 1.29 is 0 Å². The Bertz CT molecular complexity index is 782. The molecule has 0 saturated carbocycles. The molecule has 0 amide bonds. The van der Waals surface area contributed by atoms with Crippen molar-refractivity contribution in [3.8, 4) is 0 Å². The minimum Gasteiger partial charge on any atom is -0.357 e. The van der Waals surface area contributed by atoms with Crippen LogP contribution >= 0.6 is 35.3 Å². The van der Waals surface area contributed by atoms with Crippen LogP contribution in [0.25, 0.3) is 0 Å². The molecule has 31 heavy (non-hydrogen) atoms. The number of hydrogen-bond donors (Lipinski definition) is 2. The quantitative estimate of drug-likeness (QED) is 0.264. The predicted octanol–water partition coefficient (Wildman–Crippen LogP) is 2.94. The monoisotopic (exact) mass is 560 g/mol. The number of thiazole rings is 1. The number of hydrogen-bond acceptors (Lipinski definition) is 6. The molecule has 0 radical (unpaired) electrons. The number of piperidine rings is 1. The maximum atomic E-state index is 4.85. The topological polar surface area (TPSA) is 83.3 Å². The minimum absolute atomic E-state index is 0. The van der Waals surface area contributed by atoms with Gasteiger partial charge in [0, 0.05) is 44.5 Å². The van der Waals surface area contributed by atoms with E-state index in [9.17, 15) is 0 Å². The molecule has 1 saturated heterocycles. The SMILES string of the molecule is CCNC(=NCC1CCN(Cc2csc(CC)n2)CC1)NCCn1cnnc1CC.I. The van der Waals surface area contributed by atoms with Gasteiger partial charge in [0.25, 0.3) is 0 Å². The third-order valence-corrected chi connectivity index (χ3v) is 6.55. The third-order valence-electron chi connectivity index (χ3n) is 5.50. The summed E-state index contributed by atoms with van der Waals surface area (Å²) in [5, 5.41) is 18.4. The zero-order chi connectivity index (χ0) is 21.2. The van der Waals surface area contributed by atoms with Crippen LogP contribution in [0.2, 0.25) is 0 Å². The number of halogens is 1. The second-order valence-corrected chi connectivity index (χ2v) is 8.69. The van der Waals surface area contributed by atoms with Crippen molar-refractivity contribution in [1.82, 2.24) is 35.3 Å². The molecule has 174 valence electrons. The fourth-order valence-electron chi connectivity index (χ4n) is 3.74. The highest BCUT2D eigenvalue weighted by Crippen LogP contribution is 2.20. The molecule has 3 rings (SSSR count). The number of nitrogens with zero attached hydrogens (tertiary/aromatic N) is 6. The Kier molecular flexibility index (Phi) is 11.7. The molecular weight excluding hydrogens is 523 g/mol. The number of likely N-dealkylation sites (tertiary alicyclic amines) is 1. The van der Waals surface area contributed by atoms with E-state index in [4.69, 9.17) is 9.98 Å². The highest BCUT2D eigenvalue weighted by molar-refractivity contribution is 14.0. The first-order valence-corrected chi connectivity index (χ1v) is 12.1. The summed E-state index contributed by atoms with van der Waals surface area (Å²) in [4.78, 5) is 12.1. The van der Waals surface area contributed by atoms with Crippen LogP contribution < -0.4 is 10.6 Å². The summed E-state index contributed by atoms with van der Waals surface area (Å²) in [5.41, 5.74) is 1.23. The number of nitrogens with one attached hydrogen (secondary N) is 2. The van der Waals surface area contributed by atoms with Crippen LogP contribution in [0, 0.1) is 5.92 Å². The molecule has 8 nitrogen and oxygen atoms in total. The molecule has 0 aromatic carbocycles. The predicted molar refractivity (Wildman–Crippen MR) is 138 cm³/mol. The van der Waals surface area contributed by atoms with Crippen molar-refractivity contribution in [2.75, 3.05) is 32.7 Å². The third kappa shape index (κ3) is 8.30. The Morgan fingerprint density at radius 1 is 1.19 bits per heavy atom. The highest BCUT2D eigenvalue weighted by atomic mass is 127. The van der Waals surface area contributed by atoms with Crippen LogP contribution in [0.15, 0.2) is 16.7 Å². The van der Waals surface area contributed by atoms with Gasteiger partial charge in [0.2, 0.25) is 0 Å². The van der Waals surface area contributed by atoms with E-state index in [1.807, 2.05) is 0 Å². The Labute approximate surface area is 207 Å². The Hall–Kier alpha value is -1.27. The van der Waals surface area contributed by atoms with E-state index in [1.54, 1.807) is 17.7 Å². The van der Waals surface area contributed by atoms with Gasteiger partial charge in [-0.15, -0.1) is 45.5 Å². The number of aryl methyl sites for hydroxylation is 2. The second-order valence-electron chi connectivity index (χ2n) is 7.75. The molecule has 0 spiro atoms. The summed E-state index contributed by atoms with van der Waals surface area (Å²) in [6, 6.07) is 0. The van der Waals surface area contributed by atoms with E-state index in [0.717, 1.165) is 70.4 Å². The molecule has 0 aliphatic carbocycles. The first-order chi connectivity index (χ1) is 14.7. The first kappa shape index (κ1) is 26.0. The summed E-state index contributed by atoms with van der Waals surface area (Å²) in [6.07, 6.45) is 6.14. The van der Waals surface area contributed by atoms with Gasteiger partial charge >= 0.3 is 0 Å². The second kappa shape index (κ2) is 14.0. The van der Waals surface area contributed by atoms with Gasteiger partial charge in [0.1, 0.15) is 12.2 Å². The van der Waals surface area contributed by atoms with Crippen LogP contribution in [0.3, 0.4) is 0 Å². The summed E-state index contributed by atoms with van der Waals surface area (Å²) < 4.78 is 2.10. The van der Waals surface area contributed by atoms with Gasteiger partial charge in [-0.3, -0.25) is 9.89 Å². The van der Waals surface area contributed by atoms with E-state index in [1.165, 1.54) is 23.5 Å². The largest absolute Gasteiger partial charge is 0.357 e. The van der Waals surface area contributed by atoms with Crippen molar-refractivity contribution in [3.63, 3.8) is 0 Å². The number of aromatic nitrogens is 4. The summed E-state index contributed by atoms with van der Waals surface area (Å²) in [5.74, 6) is 2.58. The van der Waals surface area contributed by atoms with Gasteiger partial charge < -0.3 is 15.2 Å². The molecule has 0 bridgehead atoms. The molecule has 1 aliphatic rings. The first-order valence-electron chi connectivity index (χ1n) is 11.3. The van der Waals surface area contributed by atoms with E-state index in [-0.39, 0.29) is 24.0 Å². The molecule has 2 N–H and O–H groups in total. The maximum absolute atomic E-state index is 4.85. The molecule has 10 heteroatoms. The smallest absolute Gasteiger partial charge is 0.191 e. The highest BCUT2D eigenvalue weighted by Gasteiger charge is 2.20. The molecule has 2 aromatic heterocycles. The maximum Gasteiger partial charge on any atom is 0.191 e. The summed E-state index contributed by atoms with van der Waals surface area (Å²) in [7, 11) is 0. The van der Waals surface area contributed by atoms with Crippen LogP contribution in [0.1, 0.15) is 50.1 Å². The lowest BCUT2D eigenvalue weighted by Crippen LogP contribution is -2.40. The van der Waals surface area contributed by atoms with Crippen LogP contribution in [0.4, 0.5) is 0 Å². The molecule has 1 aliphatic heterocycles. The summed E-state index contributed by atoms with van der Waals surface area (Å²) in [6.45, 7) is 13.0. The van der Waals surface area contributed by atoms with Crippen molar-refractivity contribution in [1.29, 1.82) is 0 Å². The Morgan fingerprint density at radius 2 is 2.00 bits per heavy atom. The molecule has 1 fully saturated rings. The van der Waals surface area contributed by atoms with Gasteiger partial charge in [-0.25, -0.2) is 4.98 Å². The number of rotatable bonds is 10. The lowest BCUT2D eigenvalue weighted by Gasteiger charge is -2.30. The Balaban J connectivity index is 0.00000341. The number of aliphatic imine (C=N–C) groups is 1. The summed E-state index contributed by atoms with van der Waals surface area (Å²) >= 11 is 1.78. The van der Waals surface area contributed by atoms with Crippen LogP contribution in [-0.4, -0.2) is 63.3 Å². The van der Waals surface area contributed by atoms with Gasteiger partial charge in [0.15, 0.2) is 5.96 Å². The average Bonchev–Trinajstić information content (AvgIpc) is 3.42. The molecular formula is C21H37IN8S. The zero-order valence-corrected chi connectivity index (χ0v) is 22.2. The molecule has 2 aromatic rings. The zero-order valence-electron chi connectivity index (χ0n) is 19.0. The lowest BCUT2D eigenvalue weighted by molar-refractivity contribution is 0.179. The Morgan fingerprint density at radius 3 is 2.68 bits per heavy atom. The van der Waals surface area contributed by atoms with E-state index < -0.39 is 0 Å². The van der Waals surface area contributed by atoms with E-state index >= 15 is 0 Å². The van der Waals surface area contributed by atoms with Crippen molar-refractivity contribution in [2.24, 2.45) is 10.9 Å². The number of guanidine groups is 1. The normalized spacial score (nSPS) is 15.6. The van der Waals surface area contributed by atoms with E-state index in [0.29, 0.717) is 5.92 Å². The van der Waals surface area contributed by atoms with Gasteiger partial charge in [-0.2, -0.15) is 0 Å². The van der Waals surface area contributed by atoms with Gasteiger partial charge in [-0.1, -0.05) is 13.8 Å². The molecule has 0 unspecified atom stereocenters. The van der Waals surface area contributed by atoms with E-state index in [2.05, 4.69) is 56.4 Å².